The highest BCUT2D eigenvalue weighted by molar-refractivity contribution is 5.98. The first-order valence-electron chi connectivity index (χ1n) is 7.99. The fraction of sp³-hybridized carbons (Fsp3) is 0.100. The van der Waals surface area contributed by atoms with Crippen LogP contribution in [0.25, 0.3) is 6.08 Å². The summed E-state index contributed by atoms with van der Waals surface area (Å²) in [5.74, 6) is -0.944. The molecule has 6 nitrogen and oxygen atoms in total. The number of benzene rings is 2. The van der Waals surface area contributed by atoms with Crippen molar-refractivity contribution < 1.29 is 23.5 Å². The van der Waals surface area contributed by atoms with Gasteiger partial charge in [-0.05, 0) is 35.9 Å². The van der Waals surface area contributed by atoms with E-state index in [-0.39, 0.29) is 5.56 Å². The quantitative estimate of drug-likeness (QED) is 0.446. The van der Waals surface area contributed by atoms with Gasteiger partial charge in [-0.3, -0.25) is 20.4 Å². The van der Waals surface area contributed by atoms with Gasteiger partial charge in [-0.25, -0.2) is 4.39 Å². The number of hydrogen-bond acceptors (Lipinski definition) is 4. The molecule has 0 aliphatic carbocycles. The Morgan fingerprint density at radius 3 is 2.63 bits per heavy atom. The molecule has 0 atom stereocenters. The van der Waals surface area contributed by atoms with Crippen LogP contribution in [0.4, 0.5) is 4.39 Å². The third kappa shape index (κ3) is 5.71. The van der Waals surface area contributed by atoms with Gasteiger partial charge in [0.15, 0.2) is 11.5 Å². The molecule has 27 heavy (non-hydrogen) atoms. The Morgan fingerprint density at radius 2 is 1.93 bits per heavy atom. The summed E-state index contributed by atoms with van der Waals surface area (Å²) in [6, 6.07) is 10.6. The highest BCUT2D eigenvalue weighted by atomic mass is 19.1. The maximum absolute atomic E-state index is 13.5. The molecule has 2 N–H and O–H groups in total. The number of halogens is 1. The molecule has 2 aromatic carbocycles. The Labute approximate surface area is 156 Å². The van der Waals surface area contributed by atoms with Crippen LogP contribution in [0, 0.1) is 5.82 Å². The molecule has 0 aliphatic rings. The molecule has 0 aromatic heterocycles. The molecule has 0 bridgehead atoms. The maximum Gasteiger partial charge on any atom is 0.272 e. The lowest BCUT2D eigenvalue weighted by Crippen LogP contribution is -2.41. The van der Waals surface area contributed by atoms with Gasteiger partial charge >= 0.3 is 0 Å². The number of carbonyl (C=O) groups excluding carboxylic acids is 2. The van der Waals surface area contributed by atoms with Crippen molar-refractivity contribution in [3.63, 3.8) is 0 Å². The lowest BCUT2D eigenvalue weighted by molar-refractivity contribution is -0.117. The molecular weight excluding hydrogens is 351 g/mol. The van der Waals surface area contributed by atoms with E-state index in [1.165, 1.54) is 37.5 Å². The molecule has 7 heteroatoms. The van der Waals surface area contributed by atoms with Crippen molar-refractivity contribution >= 4 is 17.9 Å². The second-order valence-corrected chi connectivity index (χ2v) is 5.27. The number of amides is 2. The summed E-state index contributed by atoms with van der Waals surface area (Å²) in [4.78, 5) is 23.7. The van der Waals surface area contributed by atoms with Crippen molar-refractivity contribution in [2.75, 3.05) is 13.7 Å². The molecule has 0 heterocycles. The summed E-state index contributed by atoms with van der Waals surface area (Å²) in [5, 5.41) is 0. The summed E-state index contributed by atoms with van der Waals surface area (Å²) in [5.41, 5.74) is 4.86. The van der Waals surface area contributed by atoms with E-state index in [2.05, 4.69) is 17.4 Å². The predicted octanol–water partition coefficient (Wildman–Crippen LogP) is 2.87. The van der Waals surface area contributed by atoms with Gasteiger partial charge in [0.05, 0.1) is 12.7 Å². The Bertz CT molecular complexity index is 865. The first-order chi connectivity index (χ1) is 13.0. The van der Waals surface area contributed by atoms with Crippen LogP contribution < -0.4 is 20.3 Å². The van der Waals surface area contributed by atoms with E-state index in [0.717, 1.165) is 6.07 Å². The molecule has 0 radical (unpaired) electrons. The Kier molecular flexibility index (Phi) is 7.13. The number of hydrazine groups is 1. The molecular formula is C20H19FN2O4. The zero-order chi connectivity index (χ0) is 19.6. The van der Waals surface area contributed by atoms with E-state index in [1.54, 1.807) is 24.3 Å². The molecule has 0 spiro atoms. The second kappa shape index (κ2) is 9.76. The van der Waals surface area contributed by atoms with Crippen molar-refractivity contribution in [3.05, 3.63) is 78.1 Å². The van der Waals surface area contributed by atoms with Crippen LogP contribution in [0.3, 0.4) is 0 Å². The number of ether oxygens (including phenoxy) is 2. The fourth-order valence-corrected chi connectivity index (χ4v) is 2.10. The normalized spacial score (nSPS) is 10.3. The summed E-state index contributed by atoms with van der Waals surface area (Å²) >= 11 is 0. The van der Waals surface area contributed by atoms with Gasteiger partial charge in [0, 0.05) is 6.08 Å². The molecule has 0 saturated carbocycles. The van der Waals surface area contributed by atoms with Crippen LogP contribution in [0.1, 0.15) is 15.9 Å². The monoisotopic (exact) mass is 370 g/mol. The first kappa shape index (κ1) is 19.7. The number of nitrogens with one attached hydrogen (secondary N) is 2. The lowest BCUT2D eigenvalue weighted by Gasteiger charge is -2.09. The van der Waals surface area contributed by atoms with E-state index in [1.807, 2.05) is 0 Å². The van der Waals surface area contributed by atoms with Crippen molar-refractivity contribution in [3.8, 4) is 11.5 Å². The van der Waals surface area contributed by atoms with Crippen LogP contribution in [-0.4, -0.2) is 25.5 Å². The van der Waals surface area contributed by atoms with E-state index in [9.17, 15) is 14.0 Å². The molecule has 0 unspecified atom stereocenters. The predicted molar refractivity (Wildman–Crippen MR) is 99.7 cm³/mol. The highest BCUT2D eigenvalue weighted by Gasteiger charge is 2.10. The zero-order valence-corrected chi connectivity index (χ0v) is 14.7. The van der Waals surface area contributed by atoms with Crippen LogP contribution in [0.15, 0.2) is 61.2 Å². The summed E-state index contributed by atoms with van der Waals surface area (Å²) in [6.45, 7) is 3.92. The second-order valence-electron chi connectivity index (χ2n) is 5.27. The van der Waals surface area contributed by atoms with Gasteiger partial charge in [-0.1, -0.05) is 30.9 Å². The Morgan fingerprint density at radius 1 is 1.15 bits per heavy atom. The van der Waals surface area contributed by atoms with Gasteiger partial charge in [0.2, 0.25) is 0 Å². The van der Waals surface area contributed by atoms with Crippen molar-refractivity contribution in [1.29, 1.82) is 0 Å². The van der Waals surface area contributed by atoms with Gasteiger partial charge in [-0.15, -0.1) is 0 Å². The zero-order valence-electron chi connectivity index (χ0n) is 14.7. The van der Waals surface area contributed by atoms with Crippen LogP contribution in [0.5, 0.6) is 11.5 Å². The average Bonchev–Trinajstić information content (AvgIpc) is 2.69. The minimum absolute atomic E-state index is 0.165. The molecule has 0 saturated heterocycles. The largest absolute Gasteiger partial charge is 0.493 e. The third-order valence-corrected chi connectivity index (χ3v) is 3.39. The van der Waals surface area contributed by atoms with Crippen LogP contribution in [-0.2, 0) is 4.79 Å². The number of methoxy groups -OCH3 is 1. The van der Waals surface area contributed by atoms with E-state index in [0.29, 0.717) is 23.7 Å². The van der Waals surface area contributed by atoms with Crippen molar-refractivity contribution in [2.24, 2.45) is 0 Å². The summed E-state index contributed by atoms with van der Waals surface area (Å²) < 4.78 is 24.2. The smallest absolute Gasteiger partial charge is 0.272 e. The minimum atomic E-state index is -0.750. The molecule has 140 valence electrons. The Hall–Kier alpha value is -3.61. The molecule has 0 fully saturated rings. The Balaban J connectivity index is 1.95. The highest BCUT2D eigenvalue weighted by Crippen LogP contribution is 2.28. The third-order valence-electron chi connectivity index (χ3n) is 3.39. The maximum atomic E-state index is 13.5. The topological polar surface area (TPSA) is 76.7 Å². The molecule has 2 amide bonds. The minimum Gasteiger partial charge on any atom is -0.493 e. The van der Waals surface area contributed by atoms with Crippen molar-refractivity contribution in [2.45, 2.75) is 0 Å². The van der Waals surface area contributed by atoms with Gasteiger partial charge in [0.1, 0.15) is 12.4 Å². The number of hydrogen-bond donors (Lipinski definition) is 2. The van der Waals surface area contributed by atoms with Gasteiger partial charge < -0.3 is 9.47 Å². The standard InChI is InChI=1S/C20H19FN2O4/c1-3-12-27-17-10-8-14(13-18(17)26-2)9-11-19(24)22-23-20(25)15-6-4-5-7-16(15)21/h3-11,13H,1,12H2,2H3,(H,22,24)(H,23,25)/b11-9+. The van der Waals surface area contributed by atoms with Gasteiger partial charge in [0.25, 0.3) is 11.8 Å². The molecule has 2 aromatic rings. The van der Waals surface area contributed by atoms with Gasteiger partial charge in [-0.2, -0.15) is 0 Å². The van der Waals surface area contributed by atoms with E-state index in [4.69, 9.17) is 9.47 Å². The van der Waals surface area contributed by atoms with Crippen LogP contribution in [0.2, 0.25) is 0 Å². The van der Waals surface area contributed by atoms with Crippen LogP contribution >= 0.6 is 0 Å². The first-order valence-corrected chi connectivity index (χ1v) is 7.99. The van der Waals surface area contributed by atoms with E-state index >= 15 is 0 Å². The average molecular weight is 370 g/mol. The fourth-order valence-electron chi connectivity index (χ4n) is 2.10. The lowest BCUT2D eigenvalue weighted by atomic mass is 10.2. The summed E-state index contributed by atoms with van der Waals surface area (Å²) in [7, 11) is 1.51. The number of rotatable bonds is 7. The summed E-state index contributed by atoms with van der Waals surface area (Å²) in [6.07, 6.45) is 4.37. The van der Waals surface area contributed by atoms with Crippen molar-refractivity contribution in [1.82, 2.24) is 10.9 Å². The van der Waals surface area contributed by atoms with E-state index < -0.39 is 17.6 Å². The molecule has 0 aliphatic heterocycles. The number of carbonyl (C=O) groups is 2. The molecule has 2 rings (SSSR count). The SMILES string of the molecule is C=CCOc1ccc(/C=C/C(=O)NNC(=O)c2ccccc2F)cc1OC.